The molecule has 0 rings (SSSR count). The topological polar surface area (TPSA) is 111 Å². The van der Waals surface area contributed by atoms with Gasteiger partial charge in [-0.3, -0.25) is 9.59 Å². The summed E-state index contributed by atoms with van der Waals surface area (Å²) in [6, 6.07) is 0. The molecule has 9 nitrogen and oxygen atoms in total. The summed E-state index contributed by atoms with van der Waals surface area (Å²) in [5.41, 5.74) is 0. The highest BCUT2D eigenvalue weighted by Crippen LogP contribution is 2.17. The van der Waals surface area contributed by atoms with Crippen LogP contribution < -0.4 is 5.11 Å². The second-order valence-corrected chi connectivity index (χ2v) is 27.3. The van der Waals surface area contributed by atoms with E-state index >= 15 is 0 Å². The molecule has 2 atom stereocenters. The van der Waals surface area contributed by atoms with E-state index in [2.05, 4.69) is 172 Å². The van der Waals surface area contributed by atoms with Crippen LogP contribution in [0.15, 0.2) is 158 Å². The highest BCUT2D eigenvalue weighted by atomic mass is 16.7. The van der Waals surface area contributed by atoms with Crippen molar-refractivity contribution in [2.75, 3.05) is 47.5 Å². The highest BCUT2D eigenvalue weighted by molar-refractivity contribution is 5.70. The first-order valence-corrected chi connectivity index (χ1v) is 39.6. The van der Waals surface area contributed by atoms with Crippen molar-refractivity contribution in [2.24, 2.45) is 0 Å². The SMILES string of the molecule is CC/C=C\C/C=C\C/C=C\C/C=C\C/C=C\C/C=C\C/C=C\C/C=C\C/C=C\C/C=C\CCCCCCCCCCC(=O)OC(COC(=O)CCCCCCCCCCCCCCCCCCCC/C=C\C/C=C\C/C=C\CCCCCCC)COC(OCC[N+](C)(C)C)C(=O)[O-]. The van der Waals surface area contributed by atoms with E-state index in [-0.39, 0.29) is 38.6 Å². The fourth-order valence-corrected chi connectivity index (χ4v) is 10.8. The minimum Gasteiger partial charge on any atom is -0.545 e. The standard InChI is InChI=1S/C88H147NO8/c1-6-8-10-12-14-16-18-20-22-24-26-28-30-32-34-36-38-40-41-42-43-44-45-47-49-51-53-55-57-59-61-63-65-67-69-71-73-75-77-79-86(91)97-84(83-96-88(87(92)93)94-81-80-89(3,4)5)82-95-85(90)78-76-74-72-70-68-66-64-62-60-58-56-54-52-50-48-46-39-37-35-33-31-29-27-25-23-21-19-17-15-13-11-9-7-2/h8,10,14,16,19-22,25-28,31-34,38,40,42-43,45,47,51,53,57,59,84,88H,6-7,9,11-13,15,17-18,23-24,29-30,35-37,39,41,44,46,48-50,52,54-56,58,60-83H2,1-5H3/b10-8-,16-14-,21-19-,22-20-,27-25-,28-26-,33-31-,34-32-,40-38-,43-42-,47-45-,53-51-,59-57-. The Hall–Kier alpha value is -5.09. The minimum atomic E-state index is -1.63. The first-order chi connectivity index (χ1) is 47.6. The first-order valence-electron chi connectivity index (χ1n) is 39.6. The molecule has 0 heterocycles. The molecule has 0 aromatic rings. The lowest BCUT2D eigenvalue weighted by molar-refractivity contribution is -0.870. The van der Waals surface area contributed by atoms with Crippen LogP contribution in [0.5, 0.6) is 0 Å². The Morgan fingerprint density at radius 2 is 0.588 bits per heavy atom. The van der Waals surface area contributed by atoms with Crippen molar-refractivity contribution in [3.05, 3.63) is 158 Å². The predicted molar refractivity (Wildman–Crippen MR) is 416 cm³/mol. The number of rotatable bonds is 72. The lowest BCUT2D eigenvalue weighted by Gasteiger charge is -2.26. The summed E-state index contributed by atoms with van der Waals surface area (Å²) in [6.45, 7) is 4.63. The molecule has 0 fully saturated rings. The van der Waals surface area contributed by atoms with Crippen LogP contribution in [0, 0.1) is 0 Å². The molecule has 0 aliphatic carbocycles. The summed E-state index contributed by atoms with van der Waals surface area (Å²) >= 11 is 0. The number of carboxylic acids is 1. The molecule has 0 aromatic heterocycles. The fraction of sp³-hybridized carbons (Fsp3) is 0.670. The average Bonchev–Trinajstić information content (AvgIpc) is 2.39. The molecule has 0 N–H and O–H groups in total. The van der Waals surface area contributed by atoms with Crippen molar-refractivity contribution in [1.29, 1.82) is 0 Å². The van der Waals surface area contributed by atoms with E-state index in [1.165, 1.54) is 167 Å². The lowest BCUT2D eigenvalue weighted by Crippen LogP contribution is -2.44. The summed E-state index contributed by atoms with van der Waals surface area (Å²) in [5, 5.41) is 11.9. The monoisotopic (exact) mass is 1350 g/mol. The van der Waals surface area contributed by atoms with Crippen LogP contribution in [-0.2, 0) is 33.3 Å². The van der Waals surface area contributed by atoms with Crippen LogP contribution in [0.25, 0.3) is 0 Å². The number of quaternary nitrogens is 1. The van der Waals surface area contributed by atoms with Crippen molar-refractivity contribution >= 4 is 17.9 Å². The summed E-state index contributed by atoms with van der Waals surface area (Å²) in [7, 11) is 5.93. The number of unbranched alkanes of at least 4 members (excludes halogenated alkanes) is 31. The molecule has 0 radical (unpaired) electrons. The molecular formula is C88H147NO8. The van der Waals surface area contributed by atoms with Gasteiger partial charge in [0.1, 0.15) is 13.2 Å². The summed E-state index contributed by atoms with van der Waals surface area (Å²) < 4.78 is 22.8. The van der Waals surface area contributed by atoms with Crippen LogP contribution in [0.1, 0.15) is 322 Å². The van der Waals surface area contributed by atoms with E-state index in [1.807, 2.05) is 21.1 Å². The second-order valence-electron chi connectivity index (χ2n) is 27.3. The molecule has 0 amide bonds. The first kappa shape index (κ1) is 91.9. The number of esters is 2. The van der Waals surface area contributed by atoms with Gasteiger partial charge in [-0.15, -0.1) is 0 Å². The van der Waals surface area contributed by atoms with Gasteiger partial charge in [-0.05, 0) is 128 Å². The van der Waals surface area contributed by atoms with Crippen LogP contribution in [0.3, 0.4) is 0 Å². The van der Waals surface area contributed by atoms with Gasteiger partial charge in [-0.1, -0.05) is 339 Å². The fourth-order valence-electron chi connectivity index (χ4n) is 10.8. The summed E-state index contributed by atoms with van der Waals surface area (Å²) in [5.74, 6) is -2.29. The molecule has 0 aliphatic rings. The molecular weight excluding hydrogens is 1200 g/mol. The molecule has 552 valence electrons. The zero-order valence-corrected chi connectivity index (χ0v) is 63.1. The number of carbonyl (C=O) groups is 3. The smallest absolute Gasteiger partial charge is 0.306 e. The van der Waals surface area contributed by atoms with Crippen LogP contribution in [0.4, 0.5) is 0 Å². The van der Waals surface area contributed by atoms with Gasteiger partial charge in [0.2, 0.25) is 0 Å². The Morgan fingerprint density at radius 3 is 0.876 bits per heavy atom. The number of carbonyl (C=O) groups excluding carboxylic acids is 3. The maximum Gasteiger partial charge on any atom is 0.306 e. The van der Waals surface area contributed by atoms with Gasteiger partial charge in [0.15, 0.2) is 12.4 Å². The third-order valence-electron chi connectivity index (χ3n) is 16.8. The Bertz CT molecular complexity index is 2160. The Morgan fingerprint density at radius 1 is 0.320 bits per heavy atom. The maximum absolute atomic E-state index is 13.0. The number of nitrogens with zero attached hydrogens (tertiary/aromatic N) is 1. The van der Waals surface area contributed by atoms with Crippen LogP contribution >= 0.6 is 0 Å². The number of hydrogen-bond donors (Lipinski definition) is 0. The molecule has 97 heavy (non-hydrogen) atoms. The molecule has 0 saturated carbocycles. The number of likely N-dealkylation sites (N-methyl/N-ethyl adjacent to an activating group) is 1. The molecule has 0 aromatic carbocycles. The predicted octanol–water partition coefficient (Wildman–Crippen LogP) is 24.3. The van der Waals surface area contributed by atoms with Gasteiger partial charge in [0.25, 0.3) is 0 Å². The Balaban J connectivity index is 4.12. The van der Waals surface area contributed by atoms with Gasteiger partial charge >= 0.3 is 11.9 Å². The molecule has 2 unspecified atom stereocenters. The molecule has 0 saturated heterocycles. The van der Waals surface area contributed by atoms with E-state index in [0.717, 1.165) is 122 Å². The van der Waals surface area contributed by atoms with E-state index in [1.54, 1.807) is 0 Å². The minimum absolute atomic E-state index is 0.140. The summed E-state index contributed by atoms with van der Waals surface area (Å²) in [4.78, 5) is 37.6. The van der Waals surface area contributed by atoms with Crippen molar-refractivity contribution in [1.82, 2.24) is 0 Å². The van der Waals surface area contributed by atoms with E-state index in [0.29, 0.717) is 17.4 Å². The number of aliphatic carboxylic acids is 1. The largest absolute Gasteiger partial charge is 0.545 e. The van der Waals surface area contributed by atoms with Gasteiger partial charge in [-0.25, -0.2) is 0 Å². The maximum atomic E-state index is 13.0. The zero-order valence-electron chi connectivity index (χ0n) is 63.1. The number of ether oxygens (including phenoxy) is 4. The van der Waals surface area contributed by atoms with Gasteiger partial charge < -0.3 is 33.3 Å². The van der Waals surface area contributed by atoms with Crippen molar-refractivity contribution in [2.45, 2.75) is 334 Å². The number of allylic oxidation sites excluding steroid dienone is 26. The van der Waals surface area contributed by atoms with Crippen LogP contribution in [0.2, 0.25) is 0 Å². The van der Waals surface area contributed by atoms with E-state index in [4.69, 9.17) is 18.9 Å². The molecule has 9 heteroatoms. The quantitative estimate of drug-likeness (QED) is 0.0195. The highest BCUT2D eigenvalue weighted by Gasteiger charge is 2.22. The Kier molecular flexibility index (Phi) is 72.6. The van der Waals surface area contributed by atoms with Crippen molar-refractivity contribution in [3.8, 4) is 0 Å². The van der Waals surface area contributed by atoms with Crippen molar-refractivity contribution < 1.29 is 42.9 Å². The van der Waals surface area contributed by atoms with E-state index in [9.17, 15) is 19.5 Å². The average molecular weight is 1350 g/mol. The third kappa shape index (κ3) is 78.1. The third-order valence-corrected chi connectivity index (χ3v) is 16.8. The lowest BCUT2D eigenvalue weighted by atomic mass is 10.0. The normalized spacial score (nSPS) is 13.5. The van der Waals surface area contributed by atoms with Crippen LogP contribution in [-0.4, -0.2) is 82.3 Å². The number of hydrogen-bond acceptors (Lipinski definition) is 8. The summed E-state index contributed by atoms with van der Waals surface area (Å²) in [6.07, 6.45) is 111. The van der Waals surface area contributed by atoms with E-state index < -0.39 is 24.3 Å². The molecule has 0 aliphatic heterocycles. The van der Waals surface area contributed by atoms with Crippen molar-refractivity contribution in [3.63, 3.8) is 0 Å². The second kappa shape index (κ2) is 76.7. The molecule has 0 spiro atoms. The van der Waals surface area contributed by atoms with Gasteiger partial charge in [0, 0.05) is 12.8 Å². The van der Waals surface area contributed by atoms with Gasteiger partial charge in [0.05, 0.1) is 40.3 Å². The van der Waals surface area contributed by atoms with Gasteiger partial charge in [-0.2, -0.15) is 0 Å². The molecule has 0 bridgehead atoms. The Labute approximate surface area is 597 Å². The zero-order chi connectivity index (χ0) is 70.4. The number of carboxylic acid groups (broad SMARTS) is 1.